The van der Waals surface area contributed by atoms with Crippen molar-refractivity contribution in [1.82, 2.24) is 0 Å². The summed E-state index contributed by atoms with van der Waals surface area (Å²) in [4.78, 5) is 0. The first kappa shape index (κ1) is 8.87. The molecule has 0 aromatic rings. The highest BCUT2D eigenvalue weighted by Gasteiger charge is 2.13. The third-order valence-electron chi connectivity index (χ3n) is 0.962. The van der Waals surface area contributed by atoms with E-state index >= 15 is 0 Å². The predicted octanol–water partition coefficient (Wildman–Crippen LogP) is -0.690. The van der Waals surface area contributed by atoms with Crippen molar-refractivity contribution >= 4 is 10.0 Å². The zero-order valence-corrected chi connectivity index (χ0v) is 6.31. The quantitative estimate of drug-likeness (QED) is 0.583. The molecule has 0 aliphatic heterocycles. The van der Waals surface area contributed by atoms with Crippen LogP contribution < -0.4 is 5.14 Å². The van der Waals surface area contributed by atoms with Crippen LogP contribution in [-0.2, 0) is 14.8 Å². The van der Waals surface area contributed by atoms with E-state index < -0.39 is 15.3 Å². The summed E-state index contributed by atoms with van der Waals surface area (Å²) >= 11 is 0. The molecular weight excluding hydrogens is 142 g/mol. The van der Waals surface area contributed by atoms with Gasteiger partial charge in [-0.3, -0.25) is 0 Å². The van der Waals surface area contributed by atoms with Crippen molar-refractivity contribution in [2.75, 3.05) is 13.7 Å². The summed E-state index contributed by atoms with van der Waals surface area (Å²) in [5.74, 6) is 0. The van der Waals surface area contributed by atoms with Crippen molar-refractivity contribution < 1.29 is 13.2 Å². The van der Waals surface area contributed by atoms with Crippen LogP contribution in [0.4, 0.5) is 0 Å². The first-order valence-electron chi connectivity index (χ1n) is 2.49. The summed E-state index contributed by atoms with van der Waals surface area (Å²) in [6.45, 7) is 1.65. The maximum Gasteiger partial charge on any atom is 0.213 e. The van der Waals surface area contributed by atoms with Crippen LogP contribution in [0.15, 0.2) is 0 Å². The molecule has 9 heavy (non-hydrogen) atoms. The Kier molecular flexibility index (Phi) is 3.10. The average Bonchev–Trinajstić information content (AvgIpc) is 1.64. The Labute approximate surface area is 55.0 Å². The van der Waals surface area contributed by atoms with Gasteiger partial charge in [-0.2, -0.15) is 0 Å². The Balaban J connectivity index is 3.90. The standard InChI is InChI=1S/C4H11NO3S/c1-4(3-8-2)9(5,6)7/h4H,3H2,1-2H3,(H2,5,6,7)/t4-/m1/s1. The number of rotatable bonds is 3. The second kappa shape index (κ2) is 3.14. The monoisotopic (exact) mass is 153 g/mol. The van der Waals surface area contributed by atoms with Crippen LogP contribution in [0.2, 0.25) is 0 Å². The number of methoxy groups -OCH3 is 1. The smallest absolute Gasteiger partial charge is 0.213 e. The molecule has 0 radical (unpaired) electrons. The number of sulfonamides is 1. The molecule has 0 heterocycles. The van der Waals surface area contributed by atoms with E-state index in [0.717, 1.165) is 0 Å². The minimum absolute atomic E-state index is 0.152. The first-order chi connectivity index (χ1) is 3.98. The van der Waals surface area contributed by atoms with Crippen molar-refractivity contribution in [2.45, 2.75) is 12.2 Å². The van der Waals surface area contributed by atoms with E-state index in [9.17, 15) is 8.42 Å². The summed E-state index contributed by atoms with van der Waals surface area (Å²) in [7, 11) is -1.96. The van der Waals surface area contributed by atoms with Gasteiger partial charge in [0.15, 0.2) is 0 Å². The number of hydrogen-bond acceptors (Lipinski definition) is 3. The molecule has 0 amide bonds. The number of ether oxygens (including phenoxy) is 1. The highest BCUT2D eigenvalue weighted by molar-refractivity contribution is 7.89. The predicted molar refractivity (Wildman–Crippen MR) is 34.4 cm³/mol. The highest BCUT2D eigenvalue weighted by Crippen LogP contribution is 1.92. The van der Waals surface area contributed by atoms with Gasteiger partial charge in [-0.1, -0.05) is 0 Å². The Bertz CT molecular complexity index is 163. The van der Waals surface area contributed by atoms with E-state index in [1.54, 1.807) is 0 Å². The zero-order chi connectivity index (χ0) is 7.49. The van der Waals surface area contributed by atoms with E-state index in [1.807, 2.05) is 0 Å². The highest BCUT2D eigenvalue weighted by atomic mass is 32.2. The van der Waals surface area contributed by atoms with Gasteiger partial charge < -0.3 is 4.74 Å². The molecule has 0 saturated carbocycles. The third kappa shape index (κ3) is 3.45. The fourth-order valence-corrected chi connectivity index (χ4v) is 0.655. The molecule has 0 aliphatic rings. The Morgan fingerprint density at radius 2 is 2.11 bits per heavy atom. The van der Waals surface area contributed by atoms with Gasteiger partial charge in [-0.15, -0.1) is 0 Å². The molecule has 0 spiro atoms. The molecule has 5 heteroatoms. The minimum Gasteiger partial charge on any atom is -0.383 e. The summed E-state index contributed by atoms with van der Waals surface area (Å²) in [5, 5.41) is 4.15. The molecule has 0 aromatic heterocycles. The van der Waals surface area contributed by atoms with Gasteiger partial charge in [0.1, 0.15) is 0 Å². The Morgan fingerprint density at radius 1 is 1.67 bits per heavy atom. The van der Waals surface area contributed by atoms with Gasteiger partial charge in [0.25, 0.3) is 0 Å². The van der Waals surface area contributed by atoms with Crippen molar-refractivity contribution in [3.63, 3.8) is 0 Å². The van der Waals surface area contributed by atoms with Crippen LogP contribution in [0.3, 0.4) is 0 Å². The number of nitrogens with two attached hydrogens (primary N) is 1. The van der Waals surface area contributed by atoms with Gasteiger partial charge in [0.2, 0.25) is 10.0 Å². The summed E-state index contributed by atoms with van der Waals surface area (Å²) in [6.07, 6.45) is 0. The summed E-state index contributed by atoms with van der Waals surface area (Å²) in [6, 6.07) is 0. The van der Waals surface area contributed by atoms with Crippen molar-refractivity contribution in [3.8, 4) is 0 Å². The van der Waals surface area contributed by atoms with Gasteiger partial charge >= 0.3 is 0 Å². The molecular formula is C4H11NO3S. The van der Waals surface area contributed by atoms with Gasteiger partial charge in [-0.05, 0) is 6.92 Å². The van der Waals surface area contributed by atoms with E-state index in [1.165, 1.54) is 14.0 Å². The molecule has 1 atom stereocenters. The molecule has 0 aromatic carbocycles. The molecule has 0 aliphatic carbocycles. The minimum atomic E-state index is -3.39. The largest absolute Gasteiger partial charge is 0.383 e. The normalized spacial score (nSPS) is 15.4. The van der Waals surface area contributed by atoms with Crippen LogP contribution in [0.25, 0.3) is 0 Å². The van der Waals surface area contributed by atoms with Crippen LogP contribution >= 0.6 is 0 Å². The Hall–Kier alpha value is -0.130. The van der Waals surface area contributed by atoms with E-state index in [0.29, 0.717) is 0 Å². The second-order valence-electron chi connectivity index (χ2n) is 1.85. The summed E-state index contributed by atoms with van der Waals surface area (Å²) < 4.78 is 25.4. The van der Waals surface area contributed by atoms with E-state index in [-0.39, 0.29) is 6.61 Å². The molecule has 0 fully saturated rings. The maximum absolute atomic E-state index is 10.4. The summed E-state index contributed by atoms with van der Waals surface area (Å²) in [5.41, 5.74) is 0. The third-order valence-corrected chi connectivity index (χ3v) is 2.22. The molecule has 0 bridgehead atoms. The van der Waals surface area contributed by atoms with Crippen LogP contribution in [0, 0.1) is 0 Å². The van der Waals surface area contributed by atoms with Gasteiger partial charge in [-0.25, -0.2) is 13.6 Å². The fourth-order valence-electron chi connectivity index (χ4n) is 0.330. The second-order valence-corrected chi connectivity index (χ2v) is 3.84. The lowest BCUT2D eigenvalue weighted by Crippen LogP contribution is -2.29. The fraction of sp³-hybridized carbons (Fsp3) is 1.00. The van der Waals surface area contributed by atoms with Gasteiger partial charge in [0, 0.05) is 7.11 Å². The SMILES string of the molecule is COC[C@@H](C)S(N)(=O)=O. The van der Waals surface area contributed by atoms with Crippen LogP contribution in [0.5, 0.6) is 0 Å². The molecule has 0 rings (SSSR count). The lowest BCUT2D eigenvalue weighted by atomic mass is 10.5. The first-order valence-corrected chi connectivity index (χ1v) is 4.10. The van der Waals surface area contributed by atoms with Crippen molar-refractivity contribution in [2.24, 2.45) is 5.14 Å². The van der Waals surface area contributed by atoms with Crippen molar-refractivity contribution in [3.05, 3.63) is 0 Å². The van der Waals surface area contributed by atoms with E-state index in [4.69, 9.17) is 5.14 Å². The van der Waals surface area contributed by atoms with E-state index in [2.05, 4.69) is 4.74 Å². The molecule has 2 N–H and O–H groups in total. The molecule has 0 unspecified atom stereocenters. The van der Waals surface area contributed by atoms with Crippen molar-refractivity contribution in [1.29, 1.82) is 0 Å². The average molecular weight is 153 g/mol. The molecule has 4 nitrogen and oxygen atoms in total. The van der Waals surface area contributed by atoms with Gasteiger partial charge in [0.05, 0.1) is 11.9 Å². The maximum atomic E-state index is 10.4. The Morgan fingerprint density at radius 3 is 2.22 bits per heavy atom. The van der Waals surface area contributed by atoms with Crippen LogP contribution in [0.1, 0.15) is 6.92 Å². The number of primary sulfonamides is 1. The lowest BCUT2D eigenvalue weighted by molar-refractivity contribution is 0.200. The number of hydrogen-bond donors (Lipinski definition) is 1. The lowest BCUT2D eigenvalue weighted by Gasteiger charge is -2.05. The van der Waals surface area contributed by atoms with Crippen LogP contribution in [-0.4, -0.2) is 27.4 Å². The topological polar surface area (TPSA) is 69.4 Å². The zero-order valence-electron chi connectivity index (χ0n) is 5.49. The molecule has 0 saturated heterocycles. The molecule has 56 valence electrons.